The zero-order chi connectivity index (χ0) is 22.4. The van der Waals surface area contributed by atoms with Crippen LogP contribution in [-0.4, -0.2) is 44.3 Å². The molecular weight excluding hydrogens is 428 g/mol. The zero-order valence-corrected chi connectivity index (χ0v) is 19.5. The molecule has 33 heavy (non-hydrogen) atoms. The maximum atomic E-state index is 13.5. The number of carbonyl (C=O) groups excluding carboxylic acids is 1. The lowest BCUT2D eigenvalue weighted by molar-refractivity contribution is -0.154. The second-order valence-corrected chi connectivity index (χ2v) is 10.1. The second-order valence-electron chi connectivity index (χ2n) is 9.04. The molecule has 166 valence electrons. The van der Waals surface area contributed by atoms with Crippen molar-refractivity contribution in [3.8, 4) is 10.4 Å². The molecule has 0 N–H and O–H groups in total. The minimum absolute atomic E-state index is 0.0315. The van der Waals surface area contributed by atoms with Crippen molar-refractivity contribution in [1.82, 2.24) is 19.8 Å². The molecule has 5 heterocycles. The standard InChI is InChI=1S/C27H26N4OS/c1-18-28-23(22-14-25(33-26(22)29-18)20-10-6-3-7-11-20)17-31-21-12-13-24(27(31)32)30(16-21)15-19-8-4-2-5-9-19/h2-11,14,21,24H,12-13,15-17H2,1H3. The van der Waals surface area contributed by atoms with Crippen LogP contribution in [0.4, 0.5) is 0 Å². The molecule has 2 unspecified atom stereocenters. The Bertz CT molecular complexity index is 1300. The number of rotatable bonds is 5. The largest absolute Gasteiger partial charge is 0.331 e. The fourth-order valence-electron chi connectivity index (χ4n) is 5.25. The van der Waals surface area contributed by atoms with E-state index in [-0.39, 0.29) is 18.0 Å². The SMILES string of the molecule is Cc1nc(CN2C(=O)C3CCC2CN3Cc2ccccc2)c2cc(-c3ccccc3)sc2n1. The maximum absolute atomic E-state index is 13.5. The van der Waals surface area contributed by atoms with E-state index in [0.717, 1.165) is 47.7 Å². The van der Waals surface area contributed by atoms with Gasteiger partial charge in [0, 0.05) is 29.4 Å². The van der Waals surface area contributed by atoms with Crippen molar-refractivity contribution >= 4 is 27.5 Å². The molecule has 0 radical (unpaired) electrons. The van der Waals surface area contributed by atoms with Gasteiger partial charge in [0.05, 0.1) is 18.3 Å². The van der Waals surface area contributed by atoms with Gasteiger partial charge in [0.1, 0.15) is 10.7 Å². The van der Waals surface area contributed by atoms with Crippen LogP contribution >= 0.6 is 11.3 Å². The molecule has 0 saturated carbocycles. The van der Waals surface area contributed by atoms with Crippen molar-refractivity contribution in [2.24, 2.45) is 0 Å². The normalized spacial score (nSPS) is 20.6. The van der Waals surface area contributed by atoms with Crippen molar-refractivity contribution in [2.45, 2.75) is 44.9 Å². The molecule has 0 aliphatic carbocycles. The number of hydrogen-bond donors (Lipinski definition) is 0. The number of nitrogens with zero attached hydrogens (tertiary/aromatic N) is 4. The van der Waals surface area contributed by atoms with Gasteiger partial charge >= 0.3 is 0 Å². The van der Waals surface area contributed by atoms with Crippen LogP contribution in [0.1, 0.15) is 29.9 Å². The van der Waals surface area contributed by atoms with E-state index in [9.17, 15) is 4.79 Å². The Balaban J connectivity index is 1.28. The fourth-order valence-corrected chi connectivity index (χ4v) is 6.36. The Morgan fingerprint density at radius 1 is 0.970 bits per heavy atom. The van der Waals surface area contributed by atoms with Gasteiger partial charge in [-0.3, -0.25) is 9.69 Å². The summed E-state index contributed by atoms with van der Waals surface area (Å²) in [4.78, 5) is 29.6. The first-order chi connectivity index (χ1) is 16.2. The van der Waals surface area contributed by atoms with Crippen molar-refractivity contribution in [3.05, 3.63) is 83.8 Å². The molecule has 3 aliphatic rings. The number of piperazine rings is 1. The zero-order valence-electron chi connectivity index (χ0n) is 18.6. The number of aromatic nitrogens is 2. The molecule has 2 aromatic carbocycles. The summed E-state index contributed by atoms with van der Waals surface area (Å²) in [6, 6.07) is 23.3. The number of piperidine rings is 2. The van der Waals surface area contributed by atoms with E-state index in [1.54, 1.807) is 11.3 Å². The average Bonchev–Trinajstić information content (AvgIpc) is 3.27. The number of hydrogen-bond acceptors (Lipinski definition) is 5. The molecule has 2 atom stereocenters. The van der Waals surface area contributed by atoms with E-state index >= 15 is 0 Å². The number of fused-ring (bicyclic) bond motifs is 4. The number of thiophene rings is 1. The fraction of sp³-hybridized carbons (Fsp3) is 0.296. The lowest BCUT2D eigenvalue weighted by Gasteiger charge is -2.50. The molecule has 4 aromatic rings. The summed E-state index contributed by atoms with van der Waals surface area (Å²) in [5, 5.41) is 1.07. The van der Waals surface area contributed by atoms with Crippen molar-refractivity contribution in [3.63, 3.8) is 0 Å². The predicted octanol–water partition coefficient (Wildman–Crippen LogP) is 5.04. The van der Waals surface area contributed by atoms with E-state index in [2.05, 4.69) is 64.4 Å². The number of carbonyl (C=O) groups is 1. The first-order valence-electron chi connectivity index (χ1n) is 11.6. The van der Waals surface area contributed by atoms with E-state index in [1.165, 1.54) is 16.0 Å². The van der Waals surface area contributed by atoms with Crippen molar-refractivity contribution < 1.29 is 4.79 Å². The molecular formula is C27H26N4OS. The summed E-state index contributed by atoms with van der Waals surface area (Å²) in [6.07, 6.45) is 2.01. The second kappa shape index (κ2) is 8.36. The van der Waals surface area contributed by atoms with Crippen LogP contribution in [0.2, 0.25) is 0 Å². The molecule has 7 rings (SSSR count). The van der Waals surface area contributed by atoms with Crippen LogP contribution in [0, 0.1) is 6.92 Å². The molecule has 3 saturated heterocycles. The Labute approximate surface area is 197 Å². The topological polar surface area (TPSA) is 49.3 Å². The first kappa shape index (κ1) is 20.5. The van der Waals surface area contributed by atoms with Gasteiger partial charge in [-0.05, 0) is 37.0 Å². The quantitative estimate of drug-likeness (QED) is 0.424. The highest BCUT2D eigenvalue weighted by atomic mass is 32.1. The summed E-state index contributed by atoms with van der Waals surface area (Å²) in [6.45, 7) is 4.27. The Morgan fingerprint density at radius 2 is 1.73 bits per heavy atom. The van der Waals surface area contributed by atoms with Crippen molar-refractivity contribution in [1.29, 1.82) is 0 Å². The van der Waals surface area contributed by atoms with Gasteiger partial charge in [-0.2, -0.15) is 0 Å². The maximum Gasteiger partial charge on any atom is 0.240 e. The van der Waals surface area contributed by atoms with E-state index in [1.807, 2.05) is 19.1 Å². The van der Waals surface area contributed by atoms with Gasteiger partial charge in [0.15, 0.2) is 0 Å². The molecule has 3 fully saturated rings. The summed E-state index contributed by atoms with van der Waals surface area (Å²) >= 11 is 1.70. The lowest BCUT2D eigenvalue weighted by Crippen LogP contribution is -2.65. The molecule has 5 nitrogen and oxygen atoms in total. The third-order valence-corrected chi connectivity index (χ3v) is 7.94. The van der Waals surface area contributed by atoms with Crippen LogP contribution in [0.5, 0.6) is 0 Å². The van der Waals surface area contributed by atoms with Gasteiger partial charge < -0.3 is 4.90 Å². The Hall–Kier alpha value is -3.09. The van der Waals surface area contributed by atoms with Crippen LogP contribution in [0.3, 0.4) is 0 Å². The van der Waals surface area contributed by atoms with E-state index in [0.29, 0.717) is 6.54 Å². The van der Waals surface area contributed by atoms with Gasteiger partial charge in [0.2, 0.25) is 5.91 Å². The molecule has 6 heteroatoms. The van der Waals surface area contributed by atoms with Gasteiger partial charge in [-0.15, -0.1) is 11.3 Å². The summed E-state index contributed by atoms with van der Waals surface area (Å²) in [5.74, 6) is 1.01. The average molecular weight is 455 g/mol. The van der Waals surface area contributed by atoms with E-state index in [4.69, 9.17) is 9.97 Å². The minimum atomic E-state index is -0.0315. The van der Waals surface area contributed by atoms with Crippen LogP contribution in [0.25, 0.3) is 20.7 Å². The highest BCUT2D eigenvalue weighted by Crippen LogP contribution is 2.36. The monoisotopic (exact) mass is 454 g/mol. The molecule has 3 aliphatic heterocycles. The van der Waals surface area contributed by atoms with E-state index < -0.39 is 0 Å². The predicted molar refractivity (Wildman–Crippen MR) is 132 cm³/mol. The van der Waals surface area contributed by atoms with Gasteiger partial charge in [-0.1, -0.05) is 60.7 Å². The van der Waals surface area contributed by atoms with Gasteiger partial charge in [0.25, 0.3) is 0 Å². The smallest absolute Gasteiger partial charge is 0.240 e. The molecule has 0 spiro atoms. The van der Waals surface area contributed by atoms with Crippen molar-refractivity contribution in [2.75, 3.05) is 6.54 Å². The number of aryl methyl sites for hydroxylation is 1. The minimum Gasteiger partial charge on any atom is -0.331 e. The van der Waals surface area contributed by atoms with Crippen LogP contribution in [0.15, 0.2) is 66.7 Å². The third-order valence-electron chi connectivity index (χ3n) is 6.86. The van der Waals surface area contributed by atoms with Crippen LogP contribution < -0.4 is 0 Å². The molecule has 2 aromatic heterocycles. The first-order valence-corrected chi connectivity index (χ1v) is 12.4. The summed E-state index contributed by atoms with van der Waals surface area (Å²) in [7, 11) is 0. The highest BCUT2D eigenvalue weighted by Gasteiger charge is 2.45. The highest BCUT2D eigenvalue weighted by molar-refractivity contribution is 7.21. The summed E-state index contributed by atoms with van der Waals surface area (Å²) < 4.78 is 0. The Kier molecular flexibility index (Phi) is 5.19. The number of amides is 1. The number of benzene rings is 2. The van der Waals surface area contributed by atoms with Gasteiger partial charge in [-0.25, -0.2) is 9.97 Å². The summed E-state index contributed by atoms with van der Waals surface area (Å²) in [5.41, 5.74) is 3.42. The van der Waals surface area contributed by atoms with Crippen LogP contribution in [-0.2, 0) is 17.9 Å². The third kappa shape index (κ3) is 3.83. The molecule has 2 bridgehead atoms. The molecule has 1 amide bonds. The lowest BCUT2D eigenvalue weighted by atomic mass is 9.89. The Morgan fingerprint density at radius 3 is 2.48 bits per heavy atom.